The fourth-order valence-corrected chi connectivity index (χ4v) is 6.58. The first-order chi connectivity index (χ1) is 13.5. The normalized spacial score (nSPS) is 26.7. The van der Waals surface area contributed by atoms with Gasteiger partial charge in [0.1, 0.15) is 0 Å². The molecule has 0 aromatic carbocycles. The molecule has 3 rings (SSSR count). The Labute approximate surface area is 180 Å². The fourth-order valence-electron chi connectivity index (χ4n) is 3.58. The molecule has 1 amide bonds. The maximum atomic E-state index is 13.1. The van der Waals surface area contributed by atoms with E-state index in [1.807, 2.05) is 0 Å². The third-order valence-corrected chi connectivity index (χ3v) is 8.49. The molecule has 1 N–H and O–H groups in total. The Morgan fingerprint density at radius 2 is 2.14 bits per heavy atom. The van der Waals surface area contributed by atoms with Crippen LogP contribution >= 0.6 is 23.5 Å². The number of carbonyl (C=O) groups excluding carboxylic acids is 1. The van der Waals surface area contributed by atoms with Crippen LogP contribution in [0.3, 0.4) is 0 Å². The van der Waals surface area contributed by atoms with Crippen LogP contribution in [-0.2, 0) is 21.1 Å². The molecular formula is C17H27N5O4S2Si. The Morgan fingerprint density at radius 1 is 1.45 bits per heavy atom. The summed E-state index contributed by atoms with van der Waals surface area (Å²) < 4.78 is 7.51. The van der Waals surface area contributed by atoms with Crippen LogP contribution in [0.5, 0.6) is 0 Å². The highest BCUT2D eigenvalue weighted by Gasteiger charge is 2.62. The quantitative estimate of drug-likeness (QED) is 0.372. The Bertz CT molecular complexity index is 825. The topological polar surface area (TPSA) is 110 Å². The Morgan fingerprint density at radius 3 is 2.66 bits per heavy atom. The number of carbonyl (C=O) groups is 2. The molecule has 160 valence electrons. The van der Waals surface area contributed by atoms with E-state index in [0.717, 1.165) is 0 Å². The van der Waals surface area contributed by atoms with E-state index in [2.05, 4.69) is 49.4 Å². The van der Waals surface area contributed by atoms with Gasteiger partial charge in [-0.3, -0.25) is 4.79 Å². The van der Waals surface area contributed by atoms with Gasteiger partial charge in [0.2, 0.25) is 11.1 Å². The van der Waals surface area contributed by atoms with Crippen molar-refractivity contribution in [2.75, 3.05) is 6.61 Å². The van der Waals surface area contributed by atoms with Crippen molar-refractivity contribution >= 4 is 44.4 Å². The first kappa shape index (κ1) is 22.3. The molecule has 9 nitrogen and oxygen atoms in total. The van der Waals surface area contributed by atoms with Gasteiger partial charge in [0.05, 0.1) is 11.3 Å². The SMILES string of the molecule is Cn1nnnc1SC=C1S[C@@H]2[C@H]([C@@H](CO[SiH](C)C)C(C)(C)C)C(=O)N2C1C(=O)O. The van der Waals surface area contributed by atoms with Gasteiger partial charge in [-0.2, -0.15) is 0 Å². The van der Waals surface area contributed by atoms with Crippen LogP contribution in [0.1, 0.15) is 20.8 Å². The number of aliphatic carboxylic acids is 1. The molecule has 12 heteroatoms. The monoisotopic (exact) mass is 457 g/mol. The van der Waals surface area contributed by atoms with E-state index in [1.165, 1.54) is 33.1 Å². The number of thioether (sulfide) groups is 2. The Hall–Kier alpha value is -1.37. The molecule has 2 aliphatic rings. The average Bonchev–Trinajstić information content (AvgIpc) is 3.16. The molecule has 4 atom stereocenters. The zero-order valence-electron chi connectivity index (χ0n) is 17.4. The van der Waals surface area contributed by atoms with Gasteiger partial charge in [-0.05, 0) is 34.3 Å². The number of nitrogens with zero attached hydrogens (tertiary/aromatic N) is 5. The first-order valence-electron chi connectivity index (χ1n) is 9.44. The molecule has 1 aromatic heterocycles. The van der Waals surface area contributed by atoms with Crippen LogP contribution in [0, 0.1) is 17.3 Å². The molecular weight excluding hydrogens is 430 g/mol. The lowest BCUT2D eigenvalue weighted by Gasteiger charge is -2.50. The molecule has 1 unspecified atom stereocenters. The number of amides is 1. The van der Waals surface area contributed by atoms with Crippen LogP contribution in [-0.4, -0.2) is 69.2 Å². The summed E-state index contributed by atoms with van der Waals surface area (Å²) in [4.78, 5) is 27.1. The lowest BCUT2D eigenvalue weighted by Crippen LogP contribution is -2.65. The molecule has 2 fully saturated rings. The number of β-lactam (4-membered cyclic amide) rings is 1. The highest BCUT2D eigenvalue weighted by Crippen LogP contribution is 2.55. The van der Waals surface area contributed by atoms with Gasteiger partial charge in [0.15, 0.2) is 15.1 Å². The Balaban J connectivity index is 1.83. The van der Waals surface area contributed by atoms with Gasteiger partial charge in [-0.1, -0.05) is 32.5 Å². The fraction of sp³-hybridized carbons (Fsp3) is 0.706. The van der Waals surface area contributed by atoms with Crippen molar-refractivity contribution in [3.8, 4) is 0 Å². The van der Waals surface area contributed by atoms with Crippen molar-refractivity contribution in [1.82, 2.24) is 25.1 Å². The zero-order chi connectivity index (χ0) is 21.5. The largest absolute Gasteiger partial charge is 0.479 e. The van der Waals surface area contributed by atoms with Crippen LogP contribution in [0.15, 0.2) is 15.5 Å². The van der Waals surface area contributed by atoms with Gasteiger partial charge in [-0.25, -0.2) is 9.48 Å². The molecule has 29 heavy (non-hydrogen) atoms. The molecule has 1 aromatic rings. The summed E-state index contributed by atoms with van der Waals surface area (Å²) in [5.41, 5.74) is -0.124. The third-order valence-electron chi connectivity index (χ3n) is 5.18. The summed E-state index contributed by atoms with van der Waals surface area (Å²) in [6.45, 7) is 11.1. The summed E-state index contributed by atoms with van der Waals surface area (Å²) in [5.74, 6) is -1.34. The summed E-state index contributed by atoms with van der Waals surface area (Å²) >= 11 is 2.72. The van der Waals surface area contributed by atoms with Gasteiger partial charge in [-0.15, -0.1) is 16.9 Å². The minimum atomic E-state index is -1.22. The van der Waals surface area contributed by atoms with E-state index in [-0.39, 0.29) is 28.5 Å². The number of aryl methyl sites for hydroxylation is 1. The van der Waals surface area contributed by atoms with E-state index in [0.29, 0.717) is 16.7 Å². The van der Waals surface area contributed by atoms with E-state index >= 15 is 0 Å². The molecule has 3 heterocycles. The minimum Gasteiger partial charge on any atom is -0.479 e. The predicted molar refractivity (Wildman–Crippen MR) is 114 cm³/mol. The Kier molecular flexibility index (Phi) is 6.46. The number of carboxylic acids is 1. The van der Waals surface area contributed by atoms with Gasteiger partial charge < -0.3 is 14.4 Å². The van der Waals surface area contributed by atoms with Crippen LogP contribution in [0.2, 0.25) is 13.1 Å². The number of fused-ring (bicyclic) bond motifs is 1. The second-order valence-corrected chi connectivity index (χ2v) is 13.1. The van der Waals surface area contributed by atoms with Gasteiger partial charge in [0, 0.05) is 24.5 Å². The lowest BCUT2D eigenvalue weighted by molar-refractivity contribution is -0.166. The van der Waals surface area contributed by atoms with Crippen LogP contribution in [0.25, 0.3) is 0 Å². The smallest absolute Gasteiger partial charge is 0.331 e. The van der Waals surface area contributed by atoms with E-state index in [4.69, 9.17) is 4.43 Å². The maximum Gasteiger partial charge on any atom is 0.331 e. The van der Waals surface area contributed by atoms with E-state index < -0.39 is 21.1 Å². The van der Waals surface area contributed by atoms with Gasteiger partial charge >= 0.3 is 5.97 Å². The third kappa shape index (κ3) is 4.39. The second kappa shape index (κ2) is 8.40. The summed E-state index contributed by atoms with van der Waals surface area (Å²) in [5, 5.41) is 23.2. The zero-order valence-corrected chi connectivity index (χ0v) is 20.2. The minimum absolute atomic E-state index is 0.0306. The number of tetrazole rings is 1. The maximum absolute atomic E-state index is 13.1. The number of hydrogen-bond acceptors (Lipinski definition) is 8. The first-order valence-corrected chi connectivity index (χ1v) is 14.0. The highest BCUT2D eigenvalue weighted by atomic mass is 32.2. The molecule has 0 radical (unpaired) electrons. The standard InChI is InChI=1S/C17H27N5O4S2Si/c1-17(2,3)9(7-26-29(5)6)11-13(23)22-12(15(24)25)10(28-14(11)22)8-27-16-18-19-20-21(16)4/h8-9,11-12,14,29H,7H2,1-6H3,(H,24,25)/t9-,11-,12?,14-/m1/s1. The molecule has 0 spiro atoms. The summed E-state index contributed by atoms with van der Waals surface area (Å²) in [6, 6.07) is -0.955. The van der Waals surface area contributed by atoms with Crippen LogP contribution in [0.4, 0.5) is 0 Å². The number of hydrogen-bond donors (Lipinski definition) is 1. The molecule has 2 aliphatic heterocycles. The lowest BCUT2D eigenvalue weighted by atomic mass is 9.70. The summed E-state index contributed by atoms with van der Waals surface area (Å²) in [6.07, 6.45) is 0. The summed E-state index contributed by atoms with van der Waals surface area (Å²) in [7, 11) is 0.494. The molecule has 0 aliphatic carbocycles. The van der Waals surface area contributed by atoms with E-state index in [9.17, 15) is 14.7 Å². The molecule has 0 bridgehead atoms. The van der Waals surface area contributed by atoms with Gasteiger partial charge in [0.25, 0.3) is 0 Å². The van der Waals surface area contributed by atoms with Crippen molar-refractivity contribution < 1.29 is 19.1 Å². The van der Waals surface area contributed by atoms with Crippen molar-refractivity contribution in [2.24, 2.45) is 24.3 Å². The van der Waals surface area contributed by atoms with Crippen LogP contribution < -0.4 is 0 Å². The van der Waals surface area contributed by atoms with Crippen molar-refractivity contribution in [1.29, 1.82) is 0 Å². The van der Waals surface area contributed by atoms with Crippen molar-refractivity contribution in [3.63, 3.8) is 0 Å². The second-order valence-electron chi connectivity index (χ2n) is 8.60. The van der Waals surface area contributed by atoms with Crippen molar-refractivity contribution in [3.05, 3.63) is 10.3 Å². The average molecular weight is 458 g/mol. The number of rotatable bonds is 7. The number of carboxylic acid groups (broad SMARTS) is 1. The highest BCUT2D eigenvalue weighted by molar-refractivity contribution is 8.06. The number of aromatic nitrogens is 4. The molecule has 0 saturated carbocycles. The van der Waals surface area contributed by atoms with Crippen molar-refractivity contribution in [2.45, 2.75) is 50.4 Å². The molecule has 2 saturated heterocycles. The predicted octanol–water partition coefficient (Wildman–Crippen LogP) is 1.79. The van der Waals surface area contributed by atoms with E-state index in [1.54, 1.807) is 12.5 Å².